The lowest BCUT2D eigenvalue weighted by Crippen LogP contribution is -2.31. The molecule has 2 rings (SSSR count). The summed E-state index contributed by atoms with van der Waals surface area (Å²) in [4.78, 5) is 0. The molecular weight excluding hydrogens is 120 g/mol. The highest BCUT2D eigenvalue weighted by atomic mass is 14.4. The summed E-state index contributed by atoms with van der Waals surface area (Å²) in [6.07, 6.45) is 5.17. The molecule has 2 atom stereocenters. The van der Waals surface area contributed by atoms with E-state index in [0.29, 0.717) is 0 Å². The predicted octanol–water partition coefficient (Wildman–Crippen LogP) is 2.92. The summed E-state index contributed by atoms with van der Waals surface area (Å²) in [6, 6.07) is 0. The van der Waals surface area contributed by atoms with Gasteiger partial charge in [0.15, 0.2) is 0 Å². The van der Waals surface area contributed by atoms with Crippen molar-refractivity contribution >= 4 is 0 Å². The van der Waals surface area contributed by atoms with Gasteiger partial charge in [-0.3, -0.25) is 0 Å². The molecular formula is C10H14. The third-order valence-corrected chi connectivity index (χ3v) is 3.09. The van der Waals surface area contributed by atoms with Crippen LogP contribution >= 0.6 is 0 Å². The maximum absolute atomic E-state index is 4.09. The predicted molar refractivity (Wildman–Crippen MR) is 43.7 cm³/mol. The fraction of sp³-hybridized carbons (Fsp3) is 0.600. The Hall–Kier alpha value is -0.520. The van der Waals surface area contributed by atoms with Crippen molar-refractivity contribution in [3.8, 4) is 0 Å². The molecule has 0 aromatic rings. The van der Waals surface area contributed by atoms with Crippen LogP contribution in [0.4, 0.5) is 0 Å². The zero-order valence-corrected chi connectivity index (χ0v) is 6.40. The lowest BCUT2D eigenvalue weighted by Gasteiger charge is -2.43. The second kappa shape index (κ2) is 1.98. The SMILES string of the molecule is C=C1CCC(=C)C2CCC12. The molecule has 54 valence electrons. The Morgan fingerprint density at radius 1 is 0.900 bits per heavy atom. The summed E-state index contributed by atoms with van der Waals surface area (Å²) in [6.45, 7) is 8.18. The van der Waals surface area contributed by atoms with E-state index in [1.54, 1.807) is 0 Å². The Balaban J connectivity index is 2.16. The van der Waals surface area contributed by atoms with Crippen molar-refractivity contribution in [3.05, 3.63) is 24.3 Å². The molecule has 0 saturated heterocycles. The van der Waals surface area contributed by atoms with E-state index in [0.717, 1.165) is 11.8 Å². The Kier molecular flexibility index (Phi) is 1.23. The molecule has 0 heteroatoms. The van der Waals surface area contributed by atoms with Gasteiger partial charge in [0, 0.05) is 0 Å². The molecule has 0 aromatic carbocycles. The number of rotatable bonds is 0. The summed E-state index contributed by atoms with van der Waals surface area (Å²) < 4.78 is 0. The summed E-state index contributed by atoms with van der Waals surface area (Å²) in [5.74, 6) is 1.67. The van der Waals surface area contributed by atoms with Crippen LogP contribution in [0.5, 0.6) is 0 Å². The Labute approximate surface area is 62.6 Å². The van der Waals surface area contributed by atoms with Gasteiger partial charge in [0.25, 0.3) is 0 Å². The van der Waals surface area contributed by atoms with Crippen LogP contribution < -0.4 is 0 Å². The highest BCUT2D eigenvalue weighted by molar-refractivity contribution is 5.23. The van der Waals surface area contributed by atoms with Crippen molar-refractivity contribution in [2.45, 2.75) is 25.7 Å². The maximum atomic E-state index is 4.09. The monoisotopic (exact) mass is 134 g/mol. The molecule has 0 amide bonds. The first-order valence-corrected chi connectivity index (χ1v) is 4.14. The molecule has 0 N–H and O–H groups in total. The van der Waals surface area contributed by atoms with Gasteiger partial charge < -0.3 is 0 Å². The minimum atomic E-state index is 0.834. The van der Waals surface area contributed by atoms with Crippen molar-refractivity contribution in [1.29, 1.82) is 0 Å². The molecule has 0 spiro atoms. The van der Waals surface area contributed by atoms with Crippen LogP contribution in [0.3, 0.4) is 0 Å². The van der Waals surface area contributed by atoms with Gasteiger partial charge in [-0.05, 0) is 37.5 Å². The molecule has 0 radical (unpaired) electrons. The van der Waals surface area contributed by atoms with E-state index >= 15 is 0 Å². The van der Waals surface area contributed by atoms with Gasteiger partial charge in [0.2, 0.25) is 0 Å². The van der Waals surface area contributed by atoms with E-state index in [1.165, 1.54) is 36.8 Å². The lowest BCUT2D eigenvalue weighted by atomic mass is 9.62. The smallest absolute Gasteiger partial charge is 0.0140 e. The number of allylic oxidation sites excluding steroid dienone is 2. The van der Waals surface area contributed by atoms with E-state index in [4.69, 9.17) is 0 Å². The summed E-state index contributed by atoms with van der Waals surface area (Å²) in [5.41, 5.74) is 2.98. The average Bonchev–Trinajstić information content (AvgIpc) is 1.78. The first kappa shape index (κ1) is 6.21. The fourth-order valence-corrected chi connectivity index (χ4v) is 2.17. The van der Waals surface area contributed by atoms with Crippen LogP contribution in [0.25, 0.3) is 0 Å². The number of hydrogen-bond donors (Lipinski definition) is 0. The van der Waals surface area contributed by atoms with Gasteiger partial charge in [-0.15, -0.1) is 0 Å². The van der Waals surface area contributed by atoms with E-state index in [-0.39, 0.29) is 0 Å². The minimum Gasteiger partial charge on any atom is -0.0995 e. The highest BCUT2D eigenvalue weighted by Crippen LogP contribution is 2.49. The van der Waals surface area contributed by atoms with Gasteiger partial charge >= 0.3 is 0 Å². The Morgan fingerprint density at radius 3 is 1.60 bits per heavy atom. The van der Waals surface area contributed by atoms with Crippen LogP contribution in [-0.4, -0.2) is 0 Å². The zero-order chi connectivity index (χ0) is 7.14. The number of hydrogen-bond acceptors (Lipinski definition) is 0. The largest absolute Gasteiger partial charge is 0.0995 e. The quantitative estimate of drug-likeness (QED) is 0.447. The number of fused-ring (bicyclic) bond motifs is 1. The van der Waals surface area contributed by atoms with E-state index < -0.39 is 0 Å². The first-order valence-electron chi connectivity index (χ1n) is 4.14. The van der Waals surface area contributed by atoms with E-state index in [9.17, 15) is 0 Å². The van der Waals surface area contributed by atoms with Crippen molar-refractivity contribution in [1.82, 2.24) is 0 Å². The lowest BCUT2D eigenvalue weighted by molar-refractivity contribution is 0.227. The first-order chi connectivity index (χ1) is 4.79. The van der Waals surface area contributed by atoms with Crippen LogP contribution in [0.1, 0.15) is 25.7 Å². The van der Waals surface area contributed by atoms with Gasteiger partial charge in [-0.2, -0.15) is 0 Å². The van der Waals surface area contributed by atoms with Crippen LogP contribution in [0.2, 0.25) is 0 Å². The molecule has 2 saturated carbocycles. The topological polar surface area (TPSA) is 0 Å². The van der Waals surface area contributed by atoms with Gasteiger partial charge in [0.05, 0.1) is 0 Å². The molecule has 2 fully saturated rings. The maximum Gasteiger partial charge on any atom is -0.0140 e. The van der Waals surface area contributed by atoms with Crippen molar-refractivity contribution in [2.24, 2.45) is 11.8 Å². The molecule has 2 unspecified atom stereocenters. The van der Waals surface area contributed by atoms with Crippen LogP contribution in [0, 0.1) is 11.8 Å². The van der Waals surface area contributed by atoms with Gasteiger partial charge in [0.1, 0.15) is 0 Å². The third kappa shape index (κ3) is 0.681. The van der Waals surface area contributed by atoms with E-state index in [1.807, 2.05) is 0 Å². The Bertz CT molecular complexity index is 166. The molecule has 0 heterocycles. The average molecular weight is 134 g/mol. The molecule has 2 aliphatic carbocycles. The molecule has 2 aliphatic rings. The van der Waals surface area contributed by atoms with Crippen LogP contribution in [-0.2, 0) is 0 Å². The van der Waals surface area contributed by atoms with Gasteiger partial charge in [-0.25, -0.2) is 0 Å². The normalized spacial score (nSPS) is 38.8. The second-order valence-electron chi connectivity index (χ2n) is 3.61. The van der Waals surface area contributed by atoms with Crippen molar-refractivity contribution in [2.75, 3.05) is 0 Å². The Morgan fingerprint density at radius 2 is 1.30 bits per heavy atom. The molecule has 0 aliphatic heterocycles. The molecule has 10 heavy (non-hydrogen) atoms. The molecule has 0 aromatic heterocycles. The van der Waals surface area contributed by atoms with Crippen molar-refractivity contribution < 1.29 is 0 Å². The van der Waals surface area contributed by atoms with Gasteiger partial charge in [-0.1, -0.05) is 24.3 Å². The third-order valence-electron chi connectivity index (χ3n) is 3.09. The van der Waals surface area contributed by atoms with Crippen LogP contribution in [0.15, 0.2) is 24.3 Å². The van der Waals surface area contributed by atoms with E-state index in [2.05, 4.69) is 13.2 Å². The standard InChI is InChI=1S/C10H14/c1-7-3-4-8(2)10-6-5-9(7)10/h9-10H,1-6H2. The minimum absolute atomic E-state index is 0.834. The summed E-state index contributed by atoms with van der Waals surface area (Å²) in [5, 5.41) is 0. The molecule has 0 bridgehead atoms. The zero-order valence-electron chi connectivity index (χ0n) is 6.40. The highest BCUT2D eigenvalue weighted by Gasteiger charge is 2.36. The second-order valence-corrected chi connectivity index (χ2v) is 3.61. The van der Waals surface area contributed by atoms with Crippen molar-refractivity contribution in [3.63, 3.8) is 0 Å². The summed E-state index contributed by atoms with van der Waals surface area (Å²) >= 11 is 0. The molecule has 0 nitrogen and oxygen atoms in total. The summed E-state index contributed by atoms with van der Waals surface area (Å²) in [7, 11) is 0. The fourth-order valence-electron chi connectivity index (χ4n) is 2.17.